The quantitative estimate of drug-likeness (QED) is 0.715. The second kappa shape index (κ2) is 6.48. The highest BCUT2D eigenvalue weighted by atomic mass is 35.5. The Morgan fingerprint density at radius 1 is 1.16 bits per heavy atom. The highest BCUT2D eigenvalue weighted by molar-refractivity contribution is 7.89. The first-order chi connectivity index (χ1) is 11.7. The molecule has 3 rings (SSSR count). The van der Waals surface area contributed by atoms with Crippen molar-refractivity contribution in [3.05, 3.63) is 47.1 Å². The van der Waals surface area contributed by atoms with Crippen molar-refractivity contribution in [2.75, 3.05) is 0 Å². The zero-order valence-electron chi connectivity index (χ0n) is 12.0. The van der Waals surface area contributed by atoms with E-state index in [-0.39, 0.29) is 21.7 Å². The second-order valence-electron chi connectivity index (χ2n) is 4.93. The molecule has 1 aromatic carbocycles. The van der Waals surface area contributed by atoms with Crippen LogP contribution in [0.2, 0.25) is 5.02 Å². The third kappa shape index (κ3) is 3.89. The fraction of sp³-hybridized carbons (Fsp3) is 0.154. The van der Waals surface area contributed by atoms with Crippen molar-refractivity contribution in [1.82, 2.24) is 18.5 Å². The lowest BCUT2D eigenvalue weighted by Gasteiger charge is -2.22. The highest BCUT2D eigenvalue weighted by Crippen LogP contribution is 2.34. The van der Waals surface area contributed by atoms with Crippen molar-refractivity contribution in [2.24, 2.45) is 0 Å². The van der Waals surface area contributed by atoms with Crippen LogP contribution < -0.4 is 4.72 Å². The summed E-state index contributed by atoms with van der Waals surface area (Å²) in [6.07, 6.45) is -3.91. The molecule has 1 atom stereocenters. The number of nitrogens with zero attached hydrogens (tertiary/aromatic N) is 3. The number of benzene rings is 1. The number of sulfonamides is 1. The molecule has 0 saturated carbocycles. The zero-order valence-corrected chi connectivity index (χ0v) is 14.4. The molecule has 0 bridgehead atoms. The van der Waals surface area contributed by atoms with Crippen molar-refractivity contribution in [3.63, 3.8) is 0 Å². The van der Waals surface area contributed by atoms with Gasteiger partial charge in [-0.2, -0.15) is 26.6 Å². The second-order valence-corrected chi connectivity index (χ2v) is 7.60. The Morgan fingerprint density at radius 3 is 2.48 bits per heavy atom. The average molecular weight is 409 g/mol. The van der Waals surface area contributed by atoms with Crippen LogP contribution >= 0.6 is 23.3 Å². The molecule has 0 aliphatic carbocycles. The molecule has 3 aromatic rings. The fourth-order valence-electron chi connectivity index (χ4n) is 2.02. The molecular formula is C13H8ClF3N4O2S2. The van der Waals surface area contributed by atoms with Crippen LogP contribution in [0.1, 0.15) is 11.6 Å². The van der Waals surface area contributed by atoms with E-state index in [0.29, 0.717) is 0 Å². The minimum atomic E-state index is -4.85. The highest BCUT2D eigenvalue weighted by Gasteiger charge is 2.43. The number of halogens is 4. The normalized spacial score (nSPS) is 13.9. The van der Waals surface area contributed by atoms with Gasteiger partial charge in [0.05, 0.1) is 11.7 Å². The summed E-state index contributed by atoms with van der Waals surface area (Å²) in [6, 6.07) is 3.39. The average Bonchev–Trinajstić information content (AvgIpc) is 3.00. The molecule has 6 nitrogen and oxygen atoms in total. The zero-order chi connectivity index (χ0) is 18.2. The molecule has 0 amide bonds. The summed E-state index contributed by atoms with van der Waals surface area (Å²) in [5.74, 6) is 0. The molecule has 0 aliphatic heterocycles. The predicted octanol–water partition coefficient (Wildman–Crippen LogP) is 3.32. The number of pyridine rings is 1. The largest absolute Gasteiger partial charge is 0.408 e. The van der Waals surface area contributed by atoms with Crippen LogP contribution in [0.5, 0.6) is 0 Å². The van der Waals surface area contributed by atoms with E-state index in [2.05, 4.69) is 13.7 Å². The molecule has 132 valence electrons. The standard InChI is InChI=1S/C13H8ClF3N4O2S2/c14-8-3-1-7(2-4-8)11(13(15,16)17)21-25(22,23)9-5-10-12(18-6-9)20-24-19-10/h1-6,11,21H. The van der Waals surface area contributed by atoms with Gasteiger partial charge in [0.1, 0.15) is 16.5 Å². The Kier molecular flexibility index (Phi) is 4.66. The van der Waals surface area contributed by atoms with Crippen molar-refractivity contribution in [1.29, 1.82) is 0 Å². The monoisotopic (exact) mass is 408 g/mol. The fourth-order valence-corrected chi connectivity index (χ4v) is 3.80. The SMILES string of the molecule is O=S(=O)(NC(c1ccc(Cl)cc1)C(F)(F)F)c1cnc2nsnc2c1. The molecule has 0 spiro atoms. The minimum Gasteiger partial charge on any atom is -0.233 e. The smallest absolute Gasteiger partial charge is 0.233 e. The molecule has 0 fully saturated rings. The van der Waals surface area contributed by atoms with Crippen LogP contribution in [0.25, 0.3) is 11.2 Å². The Bertz CT molecular complexity index is 1010. The van der Waals surface area contributed by atoms with E-state index in [1.54, 1.807) is 4.72 Å². The van der Waals surface area contributed by atoms with Crippen LogP contribution in [0.3, 0.4) is 0 Å². The van der Waals surface area contributed by atoms with Gasteiger partial charge < -0.3 is 0 Å². The number of hydrogen-bond acceptors (Lipinski definition) is 6. The van der Waals surface area contributed by atoms with E-state index in [0.717, 1.165) is 36.1 Å². The van der Waals surface area contributed by atoms with Gasteiger partial charge in [-0.05, 0) is 23.8 Å². The molecule has 0 saturated heterocycles. The number of hydrogen-bond donors (Lipinski definition) is 1. The first kappa shape index (κ1) is 18.0. The van der Waals surface area contributed by atoms with Crippen molar-refractivity contribution >= 4 is 44.5 Å². The number of alkyl halides is 3. The first-order valence-electron chi connectivity index (χ1n) is 6.60. The van der Waals surface area contributed by atoms with Gasteiger partial charge in [0.15, 0.2) is 5.65 Å². The maximum absolute atomic E-state index is 13.4. The van der Waals surface area contributed by atoms with E-state index in [4.69, 9.17) is 11.6 Å². The lowest BCUT2D eigenvalue weighted by atomic mass is 10.1. The molecule has 0 radical (unpaired) electrons. The molecule has 12 heteroatoms. The van der Waals surface area contributed by atoms with Crippen LogP contribution in [0, 0.1) is 0 Å². The minimum absolute atomic E-state index is 0.183. The van der Waals surface area contributed by atoms with E-state index in [1.165, 1.54) is 12.1 Å². The Morgan fingerprint density at radius 2 is 1.84 bits per heavy atom. The van der Waals surface area contributed by atoms with Crippen molar-refractivity contribution in [2.45, 2.75) is 17.1 Å². The molecule has 0 aliphatic rings. The van der Waals surface area contributed by atoms with Gasteiger partial charge in [-0.1, -0.05) is 23.7 Å². The van der Waals surface area contributed by atoms with Gasteiger partial charge in [-0.15, -0.1) is 0 Å². The van der Waals surface area contributed by atoms with Crippen LogP contribution in [0.15, 0.2) is 41.4 Å². The molecule has 2 heterocycles. The summed E-state index contributed by atoms with van der Waals surface area (Å²) in [6.45, 7) is 0. The molecule has 1 unspecified atom stereocenters. The summed E-state index contributed by atoms with van der Waals surface area (Å²) in [4.78, 5) is 3.35. The third-order valence-corrected chi connectivity index (χ3v) is 5.38. The third-order valence-electron chi connectivity index (χ3n) is 3.20. The van der Waals surface area contributed by atoms with Gasteiger partial charge in [0.2, 0.25) is 10.0 Å². The van der Waals surface area contributed by atoms with E-state index in [9.17, 15) is 21.6 Å². The Labute approximate surface area is 149 Å². The van der Waals surface area contributed by atoms with Crippen molar-refractivity contribution in [3.8, 4) is 0 Å². The summed E-state index contributed by atoms with van der Waals surface area (Å²) in [5, 5.41) is 0.234. The van der Waals surface area contributed by atoms with E-state index >= 15 is 0 Å². The van der Waals surface area contributed by atoms with Crippen LogP contribution in [-0.2, 0) is 10.0 Å². The molecular weight excluding hydrogens is 401 g/mol. The summed E-state index contributed by atoms with van der Waals surface area (Å²) >= 11 is 6.48. The number of fused-ring (bicyclic) bond motifs is 1. The topological polar surface area (TPSA) is 84.8 Å². The maximum atomic E-state index is 13.4. The molecule has 2 aromatic heterocycles. The van der Waals surface area contributed by atoms with Crippen LogP contribution in [0.4, 0.5) is 13.2 Å². The predicted molar refractivity (Wildman–Crippen MR) is 85.8 cm³/mol. The van der Waals surface area contributed by atoms with Gasteiger partial charge >= 0.3 is 6.18 Å². The first-order valence-corrected chi connectivity index (χ1v) is 9.19. The Balaban J connectivity index is 1.98. The van der Waals surface area contributed by atoms with Crippen molar-refractivity contribution < 1.29 is 21.6 Å². The molecule has 25 heavy (non-hydrogen) atoms. The number of nitrogens with one attached hydrogen (secondary N) is 1. The molecule has 1 N–H and O–H groups in total. The number of rotatable bonds is 4. The number of aromatic nitrogens is 3. The van der Waals surface area contributed by atoms with E-state index < -0.39 is 27.1 Å². The lowest BCUT2D eigenvalue weighted by molar-refractivity contribution is -0.153. The van der Waals surface area contributed by atoms with E-state index in [1.807, 2.05) is 0 Å². The van der Waals surface area contributed by atoms with Gasteiger partial charge in [0.25, 0.3) is 0 Å². The van der Waals surface area contributed by atoms with Gasteiger partial charge in [0, 0.05) is 11.2 Å². The summed E-state index contributed by atoms with van der Waals surface area (Å²) in [7, 11) is -4.50. The van der Waals surface area contributed by atoms with Gasteiger partial charge in [-0.3, -0.25) is 0 Å². The summed E-state index contributed by atoms with van der Waals surface area (Å²) in [5.41, 5.74) is 0.113. The van der Waals surface area contributed by atoms with Gasteiger partial charge in [-0.25, -0.2) is 13.4 Å². The summed E-state index contributed by atoms with van der Waals surface area (Å²) < 4.78 is 74.1. The Hall–Kier alpha value is -1.82. The maximum Gasteiger partial charge on any atom is 0.408 e. The lowest BCUT2D eigenvalue weighted by Crippen LogP contribution is -2.38. The van der Waals surface area contributed by atoms with Crippen LogP contribution in [-0.4, -0.2) is 28.3 Å².